The lowest BCUT2D eigenvalue weighted by Gasteiger charge is -2.06. The average molecular weight is 348 g/mol. The summed E-state index contributed by atoms with van der Waals surface area (Å²) in [6.07, 6.45) is 4.63. The number of aryl methyl sites for hydroxylation is 3. The molecule has 3 nitrogen and oxygen atoms in total. The van der Waals surface area contributed by atoms with Gasteiger partial charge in [0.2, 0.25) is 0 Å². The van der Waals surface area contributed by atoms with E-state index in [0.29, 0.717) is 24.2 Å². The van der Waals surface area contributed by atoms with Gasteiger partial charge in [-0.25, -0.2) is 4.79 Å². The molecule has 0 spiro atoms. The van der Waals surface area contributed by atoms with E-state index in [1.165, 1.54) is 11.1 Å². The minimum absolute atomic E-state index is 0.0593. The molecular weight excluding hydrogens is 324 g/mol. The smallest absolute Gasteiger partial charge is 0.342 e. The fourth-order valence-corrected chi connectivity index (χ4v) is 3.13. The van der Waals surface area contributed by atoms with Crippen molar-refractivity contribution in [1.29, 1.82) is 0 Å². The second-order valence-corrected chi connectivity index (χ2v) is 6.54. The van der Waals surface area contributed by atoms with Crippen LogP contribution in [0.1, 0.15) is 35.3 Å². The van der Waals surface area contributed by atoms with Gasteiger partial charge in [0.25, 0.3) is 0 Å². The summed E-state index contributed by atoms with van der Waals surface area (Å²) >= 11 is 0. The van der Waals surface area contributed by atoms with Gasteiger partial charge in [-0.1, -0.05) is 60.7 Å². The van der Waals surface area contributed by atoms with Crippen molar-refractivity contribution < 1.29 is 9.52 Å². The van der Waals surface area contributed by atoms with E-state index in [0.717, 1.165) is 25.7 Å². The average Bonchev–Trinajstić information content (AvgIpc) is 2.66. The third kappa shape index (κ3) is 5.09. The SMILES string of the molecule is O=c1oc(CCCc2ccccc2)cc(O)c1CCCc1ccccc1. The fraction of sp³-hybridized carbons (Fsp3) is 0.261. The molecule has 1 aromatic heterocycles. The summed E-state index contributed by atoms with van der Waals surface area (Å²) in [5.41, 5.74) is 2.46. The second kappa shape index (κ2) is 9.04. The number of hydrogen-bond donors (Lipinski definition) is 1. The Kier molecular flexibility index (Phi) is 6.26. The van der Waals surface area contributed by atoms with Crippen LogP contribution >= 0.6 is 0 Å². The van der Waals surface area contributed by atoms with Crippen molar-refractivity contribution >= 4 is 0 Å². The Morgan fingerprint density at radius 1 is 0.731 bits per heavy atom. The van der Waals surface area contributed by atoms with Crippen LogP contribution in [-0.2, 0) is 25.7 Å². The summed E-state index contributed by atoms with van der Waals surface area (Å²) < 4.78 is 5.41. The van der Waals surface area contributed by atoms with Gasteiger partial charge in [-0.2, -0.15) is 0 Å². The minimum Gasteiger partial charge on any atom is -0.507 e. The van der Waals surface area contributed by atoms with Crippen LogP contribution in [0.15, 0.2) is 75.9 Å². The van der Waals surface area contributed by atoms with Crippen LogP contribution in [0.25, 0.3) is 0 Å². The van der Waals surface area contributed by atoms with Crippen LogP contribution in [0.5, 0.6) is 5.75 Å². The molecule has 3 heteroatoms. The quantitative estimate of drug-likeness (QED) is 0.642. The van der Waals surface area contributed by atoms with Gasteiger partial charge >= 0.3 is 5.63 Å². The van der Waals surface area contributed by atoms with Crippen molar-refractivity contribution in [1.82, 2.24) is 0 Å². The lowest BCUT2D eigenvalue weighted by atomic mass is 10.0. The summed E-state index contributed by atoms with van der Waals surface area (Å²) in [5, 5.41) is 10.2. The number of rotatable bonds is 8. The van der Waals surface area contributed by atoms with Crippen molar-refractivity contribution in [3.8, 4) is 5.75 Å². The van der Waals surface area contributed by atoms with Gasteiger partial charge in [-0.15, -0.1) is 0 Å². The van der Waals surface area contributed by atoms with E-state index in [-0.39, 0.29) is 5.75 Å². The van der Waals surface area contributed by atoms with Crippen molar-refractivity contribution in [2.75, 3.05) is 0 Å². The predicted octanol–water partition coefficient (Wildman–Crippen LogP) is 4.70. The van der Waals surface area contributed by atoms with E-state index in [1.807, 2.05) is 36.4 Å². The number of hydrogen-bond acceptors (Lipinski definition) is 3. The Bertz CT molecular complexity index is 867. The van der Waals surface area contributed by atoms with Crippen LogP contribution in [0, 0.1) is 0 Å². The zero-order chi connectivity index (χ0) is 18.2. The molecule has 1 heterocycles. The number of aromatic hydroxyl groups is 1. The van der Waals surface area contributed by atoms with E-state index < -0.39 is 5.63 Å². The molecule has 134 valence electrons. The molecule has 0 aliphatic carbocycles. The Morgan fingerprint density at radius 3 is 1.81 bits per heavy atom. The standard InChI is InChI=1S/C23H24O3/c24-22-17-20(15-7-13-18-9-3-1-4-10-18)26-23(25)21(22)16-8-14-19-11-5-2-6-12-19/h1-6,9-12,17,24H,7-8,13-16H2. The zero-order valence-electron chi connectivity index (χ0n) is 14.9. The largest absolute Gasteiger partial charge is 0.507 e. The molecule has 0 atom stereocenters. The van der Waals surface area contributed by atoms with Crippen molar-refractivity contribution in [3.05, 3.63) is 99.6 Å². The van der Waals surface area contributed by atoms with Gasteiger partial charge in [0.1, 0.15) is 11.5 Å². The van der Waals surface area contributed by atoms with Gasteiger partial charge < -0.3 is 9.52 Å². The highest BCUT2D eigenvalue weighted by Crippen LogP contribution is 2.19. The number of benzene rings is 2. The minimum atomic E-state index is -0.409. The molecule has 2 aromatic carbocycles. The molecule has 0 aliphatic heterocycles. The molecule has 0 saturated carbocycles. The lowest BCUT2D eigenvalue weighted by molar-refractivity contribution is 0.408. The molecule has 1 N–H and O–H groups in total. The predicted molar refractivity (Wildman–Crippen MR) is 104 cm³/mol. The molecule has 26 heavy (non-hydrogen) atoms. The lowest BCUT2D eigenvalue weighted by Crippen LogP contribution is -2.10. The van der Waals surface area contributed by atoms with E-state index in [1.54, 1.807) is 6.07 Å². The molecule has 0 bridgehead atoms. The molecule has 0 unspecified atom stereocenters. The van der Waals surface area contributed by atoms with Crippen LogP contribution in [-0.4, -0.2) is 5.11 Å². The highest BCUT2D eigenvalue weighted by molar-refractivity contribution is 5.30. The van der Waals surface area contributed by atoms with Gasteiger partial charge in [0, 0.05) is 12.5 Å². The van der Waals surface area contributed by atoms with E-state index in [4.69, 9.17) is 4.42 Å². The van der Waals surface area contributed by atoms with Gasteiger partial charge in [0.15, 0.2) is 0 Å². The summed E-state index contributed by atoms with van der Waals surface area (Å²) in [4.78, 5) is 12.2. The third-order valence-electron chi connectivity index (χ3n) is 4.54. The monoisotopic (exact) mass is 348 g/mol. The first-order chi connectivity index (χ1) is 12.7. The summed E-state index contributed by atoms with van der Waals surface area (Å²) in [5.74, 6) is 0.610. The summed E-state index contributed by atoms with van der Waals surface area (Å²) in [6, 6.07) is 21.9. The summed E-state index contributed by atoms with van der Waals surface area (Å²) in [7, 11) is 0. The highest BCUT2D eigenvalue weighted by Gasteiger charge is 2.11. The highest BCUT2D eigenvalue weighted by atomic mass is 16.4. The maximum absolute atomic E-state index is 12.2. The second-order valence-electron chi connectivity index (χ2n) is 6.54. The molecule has 0 saturated heterocycles. The topological polar surface area (TPSA) is 50.4 Å². The molecular formula is C23H24O3. The first kappa shape index (κ1) is 18.0. The molecule has 0 amide bonds. The van der Waals surface area contributed by atoms with Gasteiger partial charge in [0.05, 0.1) is 5.56 Å². The van der Waals surface area contributed by atoms with E-state index in [2.05, 4.69) is 24.3 Å². The molecule has 3 rings (SSSR count). The first-order valence-corrected chi connectivity index (χ1v) is 9.15. The van der Waals surface area contributed by atoms with E-state index in [9.17, 15) is 9.90 Å². The maximum Gasteiger partial charge on any atom is 0.342 e. The van der Waals surface area contributed by atoms with Crippen molar-refractivity contribution in [2.45, 2.75) is 38.5 Å². The van der Waals surface area contributed by atoms with Gasteiger partial charge in [-0.05, 0) is 43.2 Å². The first-order valence-electron chi connectivity index (χ1n) is 9.15. The van der Waals surface area contributed by atoms with Crippen molar-refractivity contribution in [2.24, 2.45) is 0 Å². The van der Waals surface area contributed by atoms with Crippen LogP contribution in [0.4, 0.5) is 0 Å². The molecule has 0 radical (unpaired) electrons. The van der Waals surface area contributed by atoms with Crippen LogP contribution in [0.2, 0.25) is 0 Å². The van der Waals surface area contributed by atoms with Crippen molar-refractivity contribution in [3.63, 3.8) is 0 Å². The fourth-order valence-electron chi connectivity index (χ4n) is 3.13. The molecule has 3 aromatic rings. The molecule has 0 aliphatic rings. The zero-order valence-corrected chi connectivity index (χ0v) is 14.9. The maximum atomic E-state index is 12.2. The molecule has 0 fully saturated rings. The normalized spacial score (nSPS) is 10.8. The van der Waals surface area contributed by atoms with Crippen LogP contribution < -0.4 is 5.63 Å². The van der Waals surface area contributed by atoms with Gasteiger partial charge in [-0.3, -0.25) is 0 Å². The Hall–Kier alpha value is -2.81. The Labute approximate surface area is 153 Å². The van der Waals surface area contributed by atoms with Crippen LogP contribution in [0.3, 0.4) is 0 Å². The Balaban J connectivity index is 1.55. The Morgan fingerprint density at radius 2 is 1.27 bits per heavy atom. The third-order valence-corrected chi connectivity index (χ3v) is 4.54. The summed E-state index contributed by atoms with van der Waals surface area (Å²) in [6.45, 7) is 0. The van der Waals surface area contributed by atoms with E-state index >= 15 is 0 Å².